The molecular weight excluding hydrogens is 196 g/mol. The van der Waals surface area contributed by atoms with E-state index >= 15 is 0 Å². The first kappa shape index (κ1) is 9.58. The third-order valence-corrected chi connectivity index (χ3v) is 2.35. The summed E-state index contributed by atoms with van der Waals surface area (Å²) in [6, 6.07) is 4.50. The fraction of sp³-hybridized carbons (Fsp3) is 0.182. The summed E-state index contributed by atoms with van der Waals surface area (Å²) in [6.45, 7) is 0. The first-order valence-electron chi connectivity index (χ1n) is 4.42. The predicted octanol–water partition coefficient (Wildman–Crippen LogP) is 1.03. The minimum Gasteiger partial charge on any atom is -0.497 e. The van der Waals surface area contributed by atoms with Gasteiger partial charge in [0.25, 0.3) is 0 Å². The smallest absolute Gasteiger partial charge is 0.229 e. The molecule has 0 heterocycles. The molecule has 0 saturated heterocycles. The summed E-state index contributed by atoms with van der Waals surface area (Å²) in [6.07, 6.45) is -0.334. The second kappa shape index (κ2) is 3.31. The number of ketones is 3. The normalized spacial score (nSPS) is 15.1. The van der Waals surface area contributed by atoms with Crippen LogP contribution in [0.1, 0.15) is 27.1 Å². The van der Waals surface area contributed by atoms with Gasteiger partial charge in [-0.15, -0.1) is 0 Å². The zero-order valence-electron chi connectivity index (χ0n) is 8.07. The summed E-state index contributed by atoms with van der Waals surface area (Å²) in [5, 5.41) is 0. The summed E-state index contributed by atoms with van der Waals surface area (Å²) in [5.41, 5.74) is 0.455. The van der Waals surface area contributed by atoms with Crippen molar-refractivity contribution in [1.29, 1.82) is 0 Å². The molecule has 0 fully saturated rings. The van der Waals surface area contributed by atoms with Gasteiger partial charge in [-0.2, -0.15) is 0 Å². The Morgan fingerprint density at radius 1 is 1.07 bits per heavy atom. The highest BCUT2D eigenvalue weighted by molar-refractivity contribution is 6.50. The van der Waals surface area contributed by atoms with E-state index in [-0.39, 0.29) is 23.3 Å². The molecule has 0 unspecified atom stereocenters. The number of carbonyl (C=O) groups is 3. The van der Waals surface area contributed by atoms with Crippen molar-refractivity contribution in [2.45, 2.75) is 6.42 Å². The van der Waals surface area contributed by atoms with Crippen LogP contribution in [0.5, 0.6) is 5.75 Å². The van der Waals surface area contributed by atoms with E-state index in [9.17, 15) is 14.4 Å². The summed E-state index contributed by atoms with van der Waals surface area (Å²) < 4.78 is 4.94. The molecule has 0 spiro atoms. The van der Waals surface area contributed by atoms with Crippen LogP contribution in [0.3, 0.4) is 0 Å². The van der Waals surface area contributed by atoms with Gasteiger partial charge in [0.05, 0.1) is 13.5 Å². The average Bonchev–Trinajstić information content (AvgIpc) is 2.25. The van der Waals surface area contributed by atoms with Crippen molar-refractivity contribution in [3.05, 3.63) is 29.3 Å². The van der Waals surface area contributed by atoms with Crippen LogP contribution in [-0.4, -0.2) is 24.5 Å². The maximum atomic E-state index is 11.5. The summed E-state index contributed by atoms with van der Waals surface area (Å²) in [7, 11) is 1.47. The number of Topliss-reactive ketones (excluding diaryl/α,β-unsaturated/α-hetero) is 3. The van der Waals surface area contributed by atoms with Gasteiger partial charge in [0.1, 0.15) is 5.75 Å². The molecule has 1 aliphatic rings. The van der Waals surface area contributed by atoms with Crippen LogP contribution in [0.25, 0.3) is 0 Å². The number of fused-ring (bicyclic) bond motifs is 1. The lowest BCUT2D eigenvalue weighted by atomic mass is 9.88. The zero-order chi connectivity index (χ0) is 11.0. The number of methoxy groups -OCH3 is 1. The van der Waals surface area contributed by atoms with Crippen LogP contribution in [0.4, 0.5) is 0 Å². The number of hydrogen-bond acceptors (Lipinski definition) is 4. The van der Waals surface area contributed by atoms with Gasteiger partial charge in [0.2, 0.25) is 11.6 Å². The number of rotatable bonds is 1. The van der Waals surface area contributed by atoms with E-state index in [0.717, 1.165) is 0 Å². The molecule has 0 atom stereocenters. The molecule has 0 radical (unpaired) electrons. The Hall–Kier alpha value is -1.97. The van der Waals surface area contributed by atoms with Gasteiger partial charge in [0.15, 0.2) is 5.78 Å². The second-order valence-corrected chi connectivity index (χ2v) is 3.26. The van der Waals surface area contributed by atoms with Crippen LogP contribution in [0.2, 0.25) is 0 Å². The van der Waals surface area contributed by atoms with Gasteiger partial charge >= 0.3 is 0 Å². The van der Waals surface area contributed by atoms with Crippen molar-refractivity contribution in [2.24, 2.45) is 0 Å². The quantitative estimate of drug-likeness (QED) is 0.506. The number of ether oxygens (including phenoxy) is 1. The molecule has 0 saturated carbocycles. The Morgan fingerprint density at radius 2 is 1.80 bits per heavy atom. The largest absolute Gasteiger partial charge is 0.497 e. The molecule has 0 aromatic heterocycles. The number of benzene rings is 1. The van der Waals surface area contributed by atoms with Crippen molar-refractivity contribution in [2.75, 3.05) is 7.11 Å². The molecular formula is C11H8O4. The molecule has 0 aliphatic heterocycles. The monoisotopic (exact) mass is 204 g/mol. The Balaban J connectivity index is 2.60. The Bertz CT molecular complexity index is 473. The molecule has 2 rings (SSSR count). The third-order valence-electron chi connectivity index (χ3n) is 2.35. The van der Waals surface area contributed by atoms with Gasteiger partial charge in [-0.3, -0.25) is 14.4 Å². The van der Waals surface area contributed by atoms with Crippen molar-refractivity contribution >= 4 is 17.3 Å². The maximum Gasteiger partial charge on any atom is 0.229 e. The minimum absolute atomic E-state index is 0.178. The summed E-state index contributed by atoms with van der Waals surface area (Å²) in [5.74, 6) is -1.05. The number of hydrogen-bond donors (Lipinski definition) is 0. The molecule has 0 N–H and O–H groups in total. The standard InChI is InChI=1S/C11H8O4/c1-15-6-2-3-7-8(4-6)9(12)5-10(13)11(7)14/h2-4H,5H2,1H3. The van der Waals surface area contributed by atoms with Crippen LogP contribution in [-0.2, 0) is 4.79 Å². The first-order chi connectivity index (χ1) is 7.13. The molecule has 1 aromatic rings. The van der Waals surface area contributed by atoms with Gasteiger partial charge in [-0.05, 0) is 18.2 Å². The van der Waals surface area contributed by atoms with Crippen molar-refractivity contribution < 1.29 is 19.1 Å². The summed E-state index contributed by atoms with van der Waals surface area (Å²) >= 11 is 0. The topological polar surface area (TPSA) is 60.4 Å². The van der Waals surface area contributed by atoms with E-state index < -0.39 is 11.6 Å². The molecule has 1 aliphatic carbocycles. The number of carbonyl (C=O) groups excluding carboxylic acids is 3. The third kappa shape index (κ3) is 1.44. The minimum atomic E-state index is -0.641. The molecule has 0 amide bonds. The molecule has 15 heavy (non-hydrogen) atoms. The predicted molar refractivity (Wildman–Crippen MR) is 51.3 cm³/mol. The van der Waals surface area contributed by atoms with E-state index in [1.807, 2.05) is 0 Å². The maximum absolute atomic E-state index is 11.5. The molecule has 0 bridgehead atoms. The average molecular weight is 204 g/mol. The van der Waals surface area contributed by atoms with Crippen molar-refractivity contribution in [3.8, 4) is 5.75 Å². The molecule has 76 valence electrons. The lowest BCUT2D eigenvalue weighted by molar-refractivity contribution is -0.114. The van der Waals surface area contributed by atoms with Crippen LogP contribution in [0, 0.1) is 0 Å². The fourth-order valence-electron chi connectivity index (χ4n) is 1.55. The van der Waals surface area contributed by atoms with Gasteiger partial charge in [-0.1, -0.05) is 0 Å². The summed E-state index contributed by atoms with van der Waals surface area (Å²) in [4.78, 5) is 34.0. The van der Waals surface area contributed by atoms with Crippen LogP contribution in [0.15, 0.2) is 18.2 Å². The van der Waals surface area contributed by atoms with E-state index in [4.69, 9.17) is 4.74 Å². The SMILES string of the molecule is COc1ccc2c(c1)C(=O)CC(=O)C2=O. The molecule has 4 heteroatoms. The highest BCUT2D eigenvalue weighted by Gasteiger charge is 2.30. The fourth-order valence-corrected chi connectivity index (χ4v) is 1.55. The van der Waals surface area contributed by atoms with Crippen molar-refractivity contribution in [3.63, 3.8) is 0 Å². The Kier molecular flexibility index (Phi) is 2.11. The highest BCUT2D eigenvalue weighted by Crippen LogP contribution is 2.23. The van der Waals surface area contributed by atoms with E-state index in [2.05, 4.69) is 0 Å². The Morgan fingerprint density at radius 3 is 2.47 bits per heavy atom. The van der Waals surface area contributed by atoms with Gasteiger partial charge in [-0.25, -0.2) is 0 Å². The first-order valence-corrected chi connectivity index (χ1v) is 4.42. The lowest BCUT2D eigenvalue weighted by Crippen LogP contribution is -2.26. The zero-order valence-corrected chi connectivity index (χ0v) is 8.07. The second-order valence-electron chi connectivity index (χ2n) is 3.26. The lowest BCUT2D eigenvalue weighted by Gasteiger charge is -2.13. The van der Waals surface area contributed by atoms with Crippen molar-refractivity contribution in [1.82, 2.24) is 0 Å². The van der Waals surface area contributed by atoms with Gasteiger partial charge < -0.3 is 4.74 Å². The molecule has 1 aromatic carbocycles. The van der Waals surface area contributed by atoms with Gasteiger partial charge in [0, 0.05) is 11.1 Å². The highest BCUT2D eigenvalue weighted by atomic mass is 16.5. The van der Waals surface area contributed by atoms with Crippen LogP contribution >= 0.6 is 0 Å². The van der Waals surface area contributed by atoms with E-state index in [0.29, 0.717) is 5.75 Å². The van der Waals surface area contributed by atoms with E-state index in [1.54, 1.807) is 6.07 Å². The Labute approximate surface area is 85.8 Å². The van der Waals surface area contributed by atoms with E-state index in [1.165, 1.54) is 19.2 Å². The van der Waals surface area contributed by atoms with Crippen LogP contribution < -0.4 is 4.74 Å². The molecule has 4 nitrogen and oxygen atoms in total.